The number of aliphatic carboxylic acids is 1. The first-order chi connectivity index (χ1) is 7.99. The normalized spacial score (nSPS) is 20.6. The van der Waals surface area contributed by atoms with E-state index in [-0.39, 0.29) is 24.8 Å². The van der Waals surface area contributed by atoms with E-state index in [9.17, 15) is 9.59 Å². The molecular weight excluding hydrogens is 220 g/mol. The van der Waals surface area contributed by atoms with Crippen LogP contribution < -0.4 is 11.1 Å². The second-order valence-corrected chi connectivity index (χ2v) is 5.04. The van der Waals surface area contributed by atoms with Crippen LogP contribution in [0.1, 0.15) is 45.4 Å². The molecule has 5 heteroatoms. The van der Waals surface area contributed by atoms with Crippen molar-refractivity contribution in [3.05, 3.63) is 0 Å². The van der Waals surface area contributed by atoms with Gasteiger partial charge >= 0.3 is 5.97 Å². The van der Waals surface area contributed by atoms with Gasteiger partial charge in [0.15, 0.2) is 0 Å². The number of rotatable bonds is 5. The highest BCUT2D eigenvalue weighted by Crippen LogP contribution is 2.31. The standard InChI is InChI=1S/C12H22N2O3/c1-9(8-13)11(17)14-12(7-10(15)16)5-3-2-4-6-12/h9H,2-8,13H2,1H3,(H,14,17)(H,15,16). The molecule has 0 bridgehead atoms. The van der Waals surface area contributed by atoms with Gasteiger partial charge in [0.1, 0.15) is 0 Å². The molecule has 17 heavy (non-hydrogen) atoms. The van der Waals surface area contributed by atoms with Gasteiger partial charge in [0.05, 0.1) is 12.0 Å². The summed E-state index contributed by atoms with van der Waals surface area (Å²) in [6, 6.07) is 0. The van der Waals surface area contributed by atoms with Gasteiger partial charge in [-0.15, -0.1) is 0 Å². The van der Waals surface area contributed by atoms with Crippen LogP contribution in [0.5, 0.6) is 0 Å². The fourth-order valence-electron chi connectivity index (χ4n) is 2.36. The average Bonchev–Trinajstić information content (AvgIpc) is 2.27. The number of carboxylic acid groups (broad SMARTS) is 1. The summed E-state index contributed by atoms with van der Waals surface area (Å²) < 4.78 is 0. The van der Waals surface area contributed by atoms with Crippen molar-refractivity contribution in [3.63, 3.8) is 0 Å². The lowest BCUT2D eigenvalue weighted by molar-refractivity contribution is -0.140. The molecule has 98 valence electrons. The zero-order valence-corrected chi connectivity index (χ0v) is 10.4. The van der Waals surface area contributed by atoms with Crippen molar-refractivity contribution in [2.24, 2.45) is 11.7 Å². The van der Waals surface area contributed by atoms with E-state index in [1.165, 1.54) is 0 Å². The van der Waals surface area contributed by atoms with Gasteiger partial charge in [-0.2, -0.15) is 0 Å². The molecule has 1 amide bonds. The van der Waals surface area contributed by atoms with Crippen LogP contribution in [0.25, 0.3) is 0 Å². The largest absolute Gasteiger partial charge is 0.481 e. The molecule has 1 atom stereocenters. The fourth-order valence-corrected chi connectivity index (χ4v) is 2.36. The van der Waals surface area contributed by atoms with Gasteiger partial charge in [0, 0.05) is 12.5 Å². The molecular formula is C12H22N2O3. The van der Waals surface area contributed by atoms with Crippen LogP contribution in [0.4, 0.5) is 0 Å². The summed E-state index contributed by atoms with van der Waals surface area (Å²) in [4.78, 5) is 22.8. The number of hydrogen-bond donors (Lipinski definition) is 3. The van der Waals surface area contributed by atoms with Crippen LogP contribution in [-0.2, 0) is 9.59 Å². The molecule has 0 aromatic carbocycles. The third-order valence-electron chi connectivity index (χ3n) is 3.49. The first kappa shape index (κ1) is 14.0. The van der Waals surface area contributed by atoms with Gasteiger partial charge in [-0.1, -0.05) is 26.2 Å². The van der Waals surface area contributed by atoms with Crippen molar-refractivity contribution in [1.29, 1.82) is 0 Å². The summed E-state index contributed by atoms with van der Waals surface area (Å²) in [7, 11) is 0. The van der Waals surface area contributed by atoms with E-state index < -0.39 is 11.5 Å². The van der Waals surface area contributed by atoms with E-state index in [4.69, 9.17) is 10.8 Å². The lowest BCUT2D eigenvalue weighted by Gasteiger charge is -2.37. The van der Waals surface area contributed by atoms with Gasteiger partial charge < -0.3 is 16.2 Å². The molecule has 0 aromatic rings. The minimum atomic E-state index is -0.854. The van der Waals surface area contributed by atoms with Gasteiger partial charge in [-0.25, -0.2) is 0 Å². The van der Waals surface area contributed by atoms with Gasteiger partial charge in [-0.3, -0.25) is 9.59 Å². The van der Waals surface area contributed by atoms with Crippen LogP contribution in [0, 0.1) is 5.92 Å². The Morgan fingerprint density at radius 2 is 1.94 bits per heavy atom. The predicted molar refractivity (Wildman–Crippen MR) is 64.4 cm³/mol. The fraction of sp³-hybridized carbons (Fsp3) is 0.833. The molecule has 0 aliphatic heterocycles. The van der Waals surface area contributed by atoms with Crippen molar-refractivity contribution in [2.45, 2.75) is 51.0 Å². The summed E-state index contributed by atoms with van der Waals surface area (Å²) in [5.74, 6) is -1.24. The van der Waals surface area contributed by atoms with Crippen LogP contribution in [0.2, 0.25) is 0 Å². The molecule has 1 rings (SSSR count). The molecule has 0 aromatic heterocycles. The van der Waals surface area contributed by atoms with Crippen molar-refractivity contribution in [2.75, 3.05) is 6.54 Å². The van der Waals surface area contributed by atoms with Crippen LogP contribution >= 0.6 is 0 Å². The number of nitrogens with two attached hydrogens (primary N) is 1. The maximum absolute atomic E-state index is 11.8. The van der Waals surface area contributed by atoms with E-state index >= 15 is 0 Å². The number of amides is 1. The Morgan fingerprint density at radius 1 is 1.35 bits per heavy atom. The third-order valence-corrected chi connectivity index (χ3v) is 3.49. The van der Waals surface area contributed by atoms with Crippen molar-refractivity contribution >= 4 is 11.9 Å². The van der Waals surface area contributed by atoms with E-state index in [0.29, 0.717) is 0 Å². The zero-order valence-electron chi connectivity index (χ0n) is 10.4. The molecule has 4 N–H and O–H groups in total. The Kier molecular flexibility index (Phi) is 4.93. The number of carbonyl (C=O) groups is 2. The monoisotopic (exact) mass is 242 g/mol. The quantitative estimate of drug-likeness (QED) is 0.667. The van der Waals surface area contributed by atoms with E-state index in [0.717, 1.165) is 32.1 Å². The van der Waals surface area contributed by atoms with Gasteiger partial charge in [0.2, 0.25) is 5.91 Å². The first-order valence-corrected chi connectivity index (χ1v) is 6.23. The molecule has 1 unspecified atom stereocenters. The maximum atomic E-state index is 11.8. The predicted octanol–water partition coefficient (Wildman–Crippen LogP) is 0.875. The number of carbonyl (C=O) groups excluding carboxylic acids is 1. The molecule has 1 aliphatic rings. The SMILES string of the molecule is CC(CN)C(=O)NC1(CC(=O)O)CCCCC1. The maximum Gasteiger partial charge on any atom is 0.305 e. The van der Waals surface area contributed by atoms with Crippen molar-refractivity contribution in [1.82, 2.24) is 5.32 Å². The van der Waals surface area contributed by atoms with Gasteiger partial charge in [-0.05, 0) is 12.8 Å². The molecule has 1 fully saturated rings. The number of nitrogens with one attached hydrogen (secondary N) is 1. The smallest absolute Gasteiger partial charge is 0.305 e. The zero-order chi connectivity index (χ0) is 12.9. The highest BCUT2D eigenvalue weighted by atomic mass is 16.4. The molecule has 0 radical (unpaired) electrons. The molecule has 0 spiro atoms. The number of carboxylic acids is 1. The van der Waals surface area contributed by atoms with E-state index in [2.05, 4.69) is 5.32 Å². The highest BCUT2D eigenvalue weighted by molar-refractivity contribution is 5.80. The Bertz CT molecular complexity index is 285. The van der Waals surface area contributed by atoms with Crippen LogP contribution in [-0.4, -0.2) is 29.1 Å². The molecule has 0 saturated heterocycles. The van der Waals surface area contributed by atoms with Crippen LogP contribution in [0.15, 0.2) is 0 Å². The summed E-state index contributed by atoms with van der Waals surface area (Å²) in [6.07, 6.45) is 4.58. The highest BCUT2D eigenvalue weighted by Gasteiger charge is 2.36. The first-order valence-electron chi connectivity index (χ1n) is 6.23. The van der Waals surface area contributed by atoms with E-state index in [1.807, 2.05) is 0 Å². The van der Waals surface area contributed by atoms with Crippen LogP contribution in [0.3, 0.4) is 0 Å². The Hall–Kier alpha value is -1.10. The average molecular weight is 242 g/mol. The Balaban J connectivity index is 2.69. The summed E-state index contributed by atoms with van der Waals surface area (Å²) in [6.45, 7) is 2.04. The molecule has 1 saturated carbocycles. The minimum absolute atomic E-state index is 0.00995. The third kappa shape index (κ3) is 4.00. The second kappa shape index (κ2) is 6.00. The minimum Gasteiger partial charge on any atom is -0.481 e. The molecule has 1 aliphatic carbocycles. The van der Waals surface area contributed by atoms with Gasteiger partial charge in [0.25, 0.3) is 0 Å². The summed E-state index contributed by atoms with van der Waals surface area (Å²) in [5, 5.41) is 11.9. The Labute approximate surface area is 102 Å². The van der Waals surface area contributed by atoms with E-state index in [1.54, 1.807) is 6.92 Å². The second-order valence-electron chi connectivity index (χ2n) is 5.04. The summed E-state index contributed by atoms with van der Waals surface area (Å²) in [5.41, 5.74) is 4.89. The lowest BCUT2D eigenvalue weighted by atomic mass is 9.79. The topological polar surface area (TPSA) is 92.4 Å². The lowest BCUT2D eigenvalue weighted by Crippen LogP contribution is -2.53. The summed E-state index contributed by atoms with van der Waals surface area (Å²) >= 11 is 0. The molecule has 0 heterocycles. The molecule has 5 nitrogen and oxygen atoms in total. The van der Waals surface area contributed by atoms with Crippen molar-refractivity contribution < 1.29 is 14.7 Å². The van der Waals surface area contributed by atoms with Crippen molar-refractivity contribution in [3.8, 4) is 0 Å². The number of hydrogen-bond acceptors (Lipinski definition) is 3. The Morgan fingerprint density at radius 3 is 2.41 bits per heavy atom.